The van der Waals surface area contributed by atoms with Crippen LogP contribution in [0.2, 0.25) is 0 Å². The third-order valence-electron chi connectivity index (χ3n) is 7.41. The highest BCUT2D eigenvalue weighted by molar-refractivity contribution is 5.79. The number of rotatable bonds is 7. The molecular weight excluding hydrogens is 406 g/mol. The Kier molecular flexibility index (Phi) is 7.15. The fourth-order valence-electron chi connectivity index (χ4n) is 5.64. The van der Waals surface area contributed by atoms with E-state index in [4.69, 9.17) is 14.2 Å². The highest BCUT2D eigenvalue weighted by atomic mass is 16.6. The number of carbonyl (C=O) groups excluding carboxylic acids is 1. The monoisotopic (exact) mass is 443 g/mol. The Hall–Kier alpha value is -1.83. The summed E-state index contributed by atoms with van der Waals surface area (Å²) in [7, 11) is 0. The van der Waals surface area contributed by atoms with Crippen molar-refractivity contribution in [2.45, 2.75) is 50.6 Å². The maximum Gasteiger partial charge on any atom is 0.224 e. The van der Waals surface area contributed by atoms with Gasteiger partial charge in [-0.3, -0.25) is 9.69 Å². The maximum atomic E-state index is 13.3. The van der Waals surface area contributed by atoms with Crippen molar-refractivity contribution in [3.63, 3.8) is 0 Å². The molecule has 0 aromatic heterocycles. The summed E-state index contributed by atoms with van der Waals surface area (Å²) in [6, 6.07) is 6.89. The summed E-state index contributed by atoms with van der Waals surface area (Å²) >= 11 is 0. The van der Waals surface area contributed by atoms with Gasteiger partial charge in [0.1, 0.15) is 13.2 Å². The zero-order valence-electron chi connectivity index (χ0n) is 19.1. The molecule has 3 saturated heterocycles. The van der Waals surface area contributed by atoms with E-state index >= 15 is 0 Å². The minimum absolute atomic E-state index is 0.0965. The Labute approximate surface area is 191 Å². The number of nitrogens with zero attached hydrogens (tertiary/aromatic N) is 2. The third kappa shape index (κ3) is 5.38. The first-order valence-electron chi connectivity index (χ1n) is 12.5. The second kappa shape index (κ2) is 10.4. The van der Waals surface area contributed by atoms with Gasteiger partial charge in [-0.05, 0) is 75.9 Å². The molecule has 0 bridgehead atoms. The summed E-state index contributed by atoms with van der Waals surface area (Å²) in [5, 5.41) is 3.43. The number of nitrogens with one attached hydrogen (secondary N) is 1. The summed E-state index contributed by atoms with van der Waals surface area (Å²) in [6.45, 7) is 8.00. The smallest absolute Gasteiger partial charge is 0.224 e. The van der Waals surface area contributed by atoms with Crippen LogP contribution in [0.4, 0.5) is 0 Å². The first kappa shape index (κ1) is 22.0. The van der Waals surface area contributed by atoms with Gasteiger partial charge < -0.3 is 24.4 Å². The molecule has 176 valence electrons. The number of carbonyl (C=O) groups is 1. The second-order valence-corrected chi connectivity index (χ2v) is 9.72. The summed E-state index contributed by atoms with van der Waals surface area (Å²) in [5.41, 5.74) is 1.19. The normalized spacial score (nSPS) is 25.7. The molecule has 1 aromatic carbocycles. The van der Waals surface area contributed by atoms with E-state index in [1.54, 1.807) is 0 Å². The zero-order chi connectivity index (χ0) is 21.8. The highest BCUT2D eigenvalue weighted by Crippen LogP contribution is 2.31. The van der Waals surface area contributed by atoms with E-state index in [9.17, 15) is 4.79 Å². The van der Waals surface area contributed by atoms with Gasteiger partial charge in [-0.25, -0.2) is 0 Å². The van der Waals surface area contributed by atoms with Gasteiger partial charge in [0.25, 0.3) is 0 Å². The van der Waals surface area contributed by atoms with Gasteiger partial charge in [-0.2, -0.15) is 0 Å². The lowest BCUT2D eigenvalue weighted by Crippen LogP contribution is -2.47. The summed E-state index contributed by atoms with van der Waals surface area (Å²) < 4.78 is 17.0. The van der Waals surface area contributed by atoms with Crippen molar-refractivity contribution in [1.82, 2.24) is 15.1 Å². The van der Waals surface area contributed by atoms with E-state index in [0.29, 0.717) is 19.3 Å². The molecule has 1 N–H and O–H groups in total. The minimum Gasteiger partial charge on any atom is -0.486 e. The molecule has 0 radical (unpaired) electrons. The van der Waals surface area contributed by atoms with E-state index in [1.807, 2.05) is 6.07 Å². The van der Waals surface area contributed by atoms with Crippen LogP contribution < -0.4 is 14.8 Å². The Morgan fingerprint density at radius 1 is 1.00 bits per heavy atom. The fraction of sp³-hybridized carbons (Fsp3) is 0.720. The van der Waals surface area contributed by atoms with Crippen LogP contribution in [0, 0.1) is 5.92 Å². The van der Waals surface area contributed by atoms with Gasteiger partial charge in [0.2, 0.25) is 5.91 Å². The van der Waals surface area contributed by atoms with Crippen LogP contribution in [0.5, 0.6) is 11.5 Å². The van der Waals surface area contributed by atoms with Crippen LogP contribution in [-0.4, -0.2) is 86.9 Å². The quantitative estimate of drug-likeness (QED) is 0.696. The van der Waals surface area contributed by atoms with Crippen LogP contribution >= 0.6 is 0 Å². The lowest BCUT2D eigenvalue weighted by atomic mass is 10.0. The standard InChI is InChI=1S/C25H37N3O4/c29-25(20-5-10-28(17-20)22-6-11-30-12-7-22)26-21(18-27-8-1-2-9-27)15-19-3-4-23-24(16-19)32-14-13-31-23/h3-4,16,20-22H,1-2,5-15,17-18H2,(H,26,29)/t20-,21?/m1/s1. The highest BCUT2D eigenvalue weighted by Gasteiger charge is 2.34. The topological polar surface area (TPSA) is 63.3 Å². The van der Waals surface area contributed by atoms with Crippen LogP contribution in [0.25, 0.3) is 0 Å². The van der Waals surface area contributed by atoms with Crippen molar-refractivity contribution in [3.8, 4) is 11.5 Å². The lowest BCUT2D eigenvalue weighted by Gasteiger charge is -2.31. The molecule has 32 heavy (non-hydrogen) atoms. The average molecular weight is 444 g/mol. The van der Waals surface area contributed by atoms with Gasteiger partial charge in [0.05, 0.1) is 5.92 Å². The van der Waals surface area contributed by atoms with Crippen LogP contribution in [0.1, 0.15) is 37.7 Å². The third-order valence-corrected chi connectivity index (χ3v) is 7.41. The molecule has 0 aliphatic carbocycles. The van der Waals surface area contributed by atoms with Crippen molar-refractivity contribution >= 4 is 5.91 Å². The minimum atomic E-state index is 0.0965. The van der Waals surface area contributed by atoms with E-state index in [0.717, 1.165) is 83.1 Å². The molecule has 0 saturated carbocycles. The first-order chi connectivity index (χ1) is 15.7. The van der Waals surface area contributed by atoms with E-state index in [-0.39, 0.29) is 17.9 Å². The average Bonchev–Trinajstić information content (AvgIpc) is 3.52. The van der Waals surface area contributed by atoms with E-state index in [2.05, 4.69) is 27.2 Å². The van der Waals surface area contributed by atoms with Gasteiger partial charge >= 0.3 is 0 Å². The zero-order valence-corrected chi connectivity index (χ0v) is 19.1. The van der Waals surface area contributed by atoms with E-state index < -0.39 is 0 Å². The molecule has 1 aromatic rings. The van der Waals surface area contributed by atoms with E-state index in [1.165, 1.54) is 18.4 Å². The van der Waals surface area contributed by atoms with Crippen LogP contribution in [-0.2, 0) is 16.0 Å². The SMILES string of the molecule is O=C(NC(Cc1ccc2c(c1)OCCO2)CN1CCCC1)[C@@H]1CCN(C2CCOCC2)C1. The number of benzene rings is 1. The molecule has 7 nitrogen and oxygen atoms in total. The van der Waals surface area contributed by atoms with Crippen LogP contribution in [0.15, 0.2) is 18.2 Å². The number of hydrogen-bond donors (Lipinski definition) is 1. The molecule has 4 heterocycles. The lowest BCUT2D eigenvalue weighted by molar-refractivity contribution is -0.125. The van der Waals surface area contributed by atoms with Crippen molar-refractivity contribution in [2.75, 3.05) is 59.2 Å². The molecule has 3 fully saturated rings. The predicted molar refractivity (Wildman–Crippen MR) is 122 cm³/mol. The van der Waals surface area contributed by atoms with Gasteiger partial charge in [0, 0.05) is 38.4 Å². The summed E-state index contributed by atoms with van der Waals surface area (Å²) in [6.07, 6.45) is 6.48. The number of ether oxygens (including phenoxy) is 3. The maximum absolute atomic E-state index is 13.3. The Morgan fingerprint density at radius 3 is 2.59 bits per heavy atom. The molecule has 0 spiro atoms. The Bertz CT molecular complexity index is 776. The van der Waals surface area contributed by atoms with Crippen molar-refractivity contribution < 1.29 is 19.0 Å². The molecule has 4 aliphatic heterocycles. The first-order valence-corrected chi connectivity index (χ1v) is 12.5. The van der Waals surface area contributed by atoms with Crippen molar-refractivity contribution in [3.05, 3.63) is 23.8 Å². The summed E-state index contributed by atoms with van der Waals surface area (Å²) in [4.78, 5) is 18.3. The molecule has 1 amide bonds. The Balaban J connectivity index is 1.21. The van der Waals surface area contributed by atoms with Crippen molar-refractivity contribution in [2.24, 2.45) is 5.92 Å². The van der Waals surface area contributed by atoms with Gasteiger partial charge in [-0.1, -0.05) is 6.07 Å². The number of fused-ring (bicyclic) bond motifs is 1. The molecular formula is C25H37N3O4. The molecule has 7 heteroatoms. The fourth-order valence-corrected chi connectivity index (χ4v) is 5.64. The predicted octanol–water partition coefficient (Wildman–Crippen LogP) is 2.08. The summed E-state index contributed by atoms with van der Waals surface area (Å²) in [5.74, 6) is 1.96. The van der Waals surface area contributed by atoms with Crippen molar-refractivity contribution in [1.29, 1.82) is 0 Å². The Morgan fingerprint density at radius 2 is 1.78 bits per heavy atom. The largest absolute Gasteiger partial charge is 0.486 e. The molecule has 5 rings (SSSR count). The number of amides is 1. The molecule has 1 unspecified atom stereocenters. The van der Waals surface area contributed by atoms with Gasteiger partial charge in [0.15, 0.2) is 11.5 Å². The second-order valence-electron chi connectivity index (χ2n) is 9.72. The number of likely N-dealkylation sites (tertiary alicyclic amines) is 2. The molecule has 2 atom stereocenters. The number of hydrogen-bond acceptors (Lipinski definition) is 6. The molecule has 4 aliphatic rings. The van der Waals surface area contributed by atoms with Crippen LogP contribution in [0.3, 0.4) is 0 Å². The van der Waals surface area contributed by atoms with Gasteiger partial charge in [-0.15, -0.1) is 0 Å².